The second kappa shape index (κ2) is 7.52. The molecule has 1 aliphatic heterocycles. The van der Waals surface area contributed by atoms with Gasteiger partial charge in [0.15, 0.2) is 0 Å². The quantitative estimate of drug-likeness (QED) is 0.597. The number of aryl methyl sites for hydroxylation is 1. The highest BCUT2D eigenvalue weighted by Crippen LogP contribution is 2.45. The Balaban J connectivity index is 1.34. The summed E-state index contributed by atoms with van der Waals surface area (Å²) in [6.45, 7) is 2.43. The maximum absolute atomic E-state index is 13.3. The molecule has 5 nitrogen and oxygen atoms in total. The molecule has 2 fully saturated rings. The lowest BCUT2D eigenvalue weighted by atomic mass is 9.85. The number of nitrogens with one attached hydrogen (secondary N) is 2. The van der Waals surface area contributed by atoms with Crippen LogP contribution in [0.25, 0.3) is 22.2 Å². The van der Waals surface area contributed by atoms with Gasteiger partial charge in [0.25, 0.3) is 0 Å². The van der Waals surface area contributed by atoms with E-state index in [9.17, 15) is 14.0 Å². The van der Waals surface area contributed by atoms with Crippen molar-refractivity contribution in [3.05, 3.63) is 59.4 Å². The Bertz CT molecular complexity index is 1160. The maximum atomic E-state index is 13.3. The van der Waals surface area contributed by atoms with Crippen molar-refractivity contribution in [2.24, 2.45) is 5.92 Å². The minimum atomic E-state index is -0.591. The van der Waals surface area contributed by atoms with Crippen LogP contribution in [0, 0.1) is 18.7 Å². The zero-order valence-electron chi connectivity index (χ0n) is 17.5. The van der Waals surface area contributed by atoms with Crippen molar-refractivity contribution in [2.75, 3.05) is 0 Å². The molecule has 2 aromatic carbocycles. The number of hydrogen-bond acceptors (Lipinski definition) is 3. The Morgan fingerprint density at radius 3 is 2.68 bits per heavy atom. The number of hydrogen-bond donors (Lipinski definition) is 2. The normalized spacial score (nSPS) is 19.8. The number of halogens is 1. The summed E-state index contributed by atoms with van der Waals surface area (Å²) in [5, 5.41) is 4.09. The van der Waals surface area contributed by atoms with E-state index in [1.54, 1.807) is 12.1 Å². The molecule has 160 valence electrons. The molecule has 3 aromatic rings. The van der Waals surface area contributed by atoms with E-state index >= 15 is 0 Å². The number of benzene rings is 2. The Kier molecular flexibility index (Phi) is 4.80. The molecule has 1 atom stereocenters. The van der Waals surface area contributed by atoms with Gasteiger partial charge in [-0.25, -0.2) is 4.39 Å². The second-order valence-corrected chi connectivity index (χ2v) is 8.73. The summed E-state index contributed by atoms with van der Waals surface area (Å²) in [6.07, 6.45) is 3.71. The van der Waals surface area contributed by atoms with Crippen LogP contribution in [0.5, 0.6) is 0 Å². The van der Waals surface area contributed by atoms with E-state index < -0.39 is 11.5 Å². The van der Waals surface area contributed by atoms with Gasteiger partial charge in [0.2, 0.25) is 5.91 Å². The summed E-state index contributed by atoms with van der Waals surface area (Å²) in [5.74, 6) is -1.03. The van der Waals surface area contributed by atoms with Gasteiger partial charge in [0.05, 0.1) is 12.3 Å². The highest BCUT2D eigenvalue weighted by Gasteiger charge is 2.53. The summed E-state index contributed by atoms with van der Waals surface area (Å²) in [5.41, 5.74) is 4.35. The molecule has 31 heavy (non-hydrogen) atoms. The minimum absolute atomic E-state index is 0.106. The molecular weight excluding hydrogens is 395 g/mol. The predicted molar refractivity (Wildman–Crippen MR) is 116 cm³/mol. The number of ether oxygens (including phenoxy) is 1. The monoisotopic (exact) mass is 420 g/mol. The van der Waals surface area contributed by atoms with E-state index in [0.717, 1.165) is 59.0 Å². The van der Waals surface area contributed by atoms with E-state index in [2.05, 4.69) is 16.4 Å². The van der Waals surface area contributed by atoms with Gasteiger partial charge in [0, 0.05) is 23.1 Å². The number of amides is 1. The number of carbonyl (C=O) groups is 2. The first-order valence-electron chi connectivity index (χ1n) is 10.8. The Hall–Kier alpha value is -3.15. The topological polar surface area (TPSA) is 71.2 Å². The van der Waals surface area contributed by atoms with Gasteiger partial charge in [0.1, 0.15) is 11.4 Å². The lowest BCUT2D eigenvalue weighted by Crippen LogP contribution is -2.42. The van der Waals surface area contributed by atoms with Crippen molar-refractivity contribution in [1.82, 2.24) is 10.3 Å². The van der Waals surface area contributed by atoms with E-state index in [1.165, 1.54) is 12.1 Å². The third-order valence-electron chi connectivity index (χ3n) is 6.81. The molecule has 2 heterocycles. The van der Waals surface area contributed by atoms with Crippen molar-refractivity contribution in [3.8, 4) is 11.3 Å². The third-order valence-corrected chi connectivity index (χ3v) is 6.81. The lowest BCUT2D eigenvalue weighted by Gasteiger charge is -2.27. The smallest absolute Gasteiger partial charge is 0.307 e. The van der Waals surface area contributed by atoms with Crippen LogP contribution in [0.1, 0.15) is 43.2 Å². The van der Waals surface area contributed by atoms with Crippen LogP contribution in [0.2, 0.25) is 0 Å². The number of H-pyrrole nitrogens is 1. The molecular formula is C25H25FN2O3. The molecule has 6 heteroatoms. The maximum Gasteiger partial charge on any atom is 0.307 e. The third kappa shape index (κ3) is 3.50. The van der Waals surface area contributed by atoms with Crippen LogP contribution in [-0.2, 0) is 20.9 Å². The molecule has 1 amide bonds. The Morgan fingerprint density at radius 1 is 1.19 bits per heavy atom. The molecule has 0 radical (unpaired) electrons. The van der Waals surface area contributed by atoms with Crippen LogP contribution in [0.3, 0.4) is 0 Å². The average Bonchev–Trinajstić information content (AvgIpc) is 3.45. The van der Waals surface area contributed by atoms with Gasteiger partial charge < -0.3 is 15.0 Å². The summed E-state index contributed by atoms with van der Waals surface area (Å²) in [4.78, 5) is 28.2. The number of esters is 1. The molecule has 2 N–H and O–H groups in total. The highest BCUT2D eigenvalue weighted by molar-refractivity contribution is 5.91. The van der Waals surface area contributed by atoms with Gasteiger partial charge in [-0.2, -0.15) is 0 Å². The van der Waals surface area contributed by atoms with Crippen molar-refractivity contribution in [3.63, 3.8) is 0 Å². The fourth-order valence-corrected chi connectivity index (χ4v) is 5.15. The minimum Gasteiger partial charge on any atom is -0.458 e. The lowest BCUT2D eigenvalue weighted by molar-refractivity contribution is -0.149. The van der Waals surface area contributed by atoms with Crippen LogP contribution < -0.4 is 5.32 Å². The summed E-state index contributed by atoms with van der Waals surface area (Å²) in [7, 11) is 0. The van der Waals surface area contributed by atoms with Crippen molar-refractivity contribution in [2.45, 2.75) is 51.2 Å². The van der Waals surface area contributed by atoms with Crippen LogP contribution >= 0.6 is 0 Å². The molecule has 1 unspecified atom stereocenters. The van der Waals surface area contributed by atoms with Crippen molar-refractivity contribution in [1.29, 1.82) is 0 Å². The fraction of sp³-hybridized carbons (Fsp3) is 0.360. The SMILES string of the molecule is Cc1c(-c2ccc(F)cc2)[nH]c2ccc(CNC(=O)C3CC(=O)OC34CCCC4)cc12. The molecule has 1 aromatic heterocycles. The molecule has 0 bridgehead atoms. The first-order chi connectivity index (χ1) is 14.9. The van der Waals surface area contributed by atoms with Gasteiger partial charge in [-0.15, -0.1) is 0 Å². The number of aromatic nitrogens is 1. The average molecular weight is 420 g/mol. The predicted octanol–water partition coefficient (Wildman–Crippen LogP) is 4.77. The molecule has 1 saturated carbocycles. The zero-order chi connectivity index (χ0) is 21.6. The molecule has 1 saturated heterocycles. The molecule has 5 rings (SSSR count). The molecule has 2 aliphatic rings. The van der Waals surface area contributed by atoms with E-state index in [-0.39, 0.29) is 24.1 Å². The highest BCUT2D eigenvalue weighted by atomic mass is 19.1. The summed E-state index contributed by atoms with van der Waals surface area (Å²) in [6, 6.07) is 12.5. The van der Waals surface area contributed by atoms with E-state index in [0.29, 0.717) is 6.54 Å². The van der Waals surface area contributed by atoms with Gasteiger partial charge >= 0.3 is 5.97 Å². The van der Waals surface area contributed by atoms with Gasteiger partial charge in [-0.1, -0.05) is 6.07 Å². The number of carbonyl (C=O) groups excluding carboxylic acids is 2. The standard InChI is InChI=1S/C25H25FN2O3/c1-15-19-12-16(4-9-21(19)28-23(15)17-5-7-18(26)8-6-17)14-27-24(30)20-13-22(29)31-25(20)10-2-3-11-25/h4-9,12,20,28H,2-3,10-11,13-14H2,1H3,(H,27,30). The Labute approximate surface area is 180 Å². The van der Waals surface area contributed by atoms with Gasteiger partial charge in [-0.05, 0) is 85.7 Å². The van der Waals surface area contributed by atoms with Crippen LogP contribution in [0.4, 0.5) is 4.39 Å². The first kappa shape index (κ1) is 19.8. The fourth-order valence-electron chi connectivity index (χ4n) is 5.15. The van der Waals surface area contributed by atoms with Crippen molar-refractivity contribution < 1.29 is 18.7 Å². The summed E-state index contributed by atoms with van der Waals surface area (Å²) < 4.78 is 18.9. The van der Waals surface area contributed by atoms with Crippen LogP contribution in [-0.4, -0.2) is 22.5 Å². The number of aromatic amines is 1. The first-order valence-corrected chi connectivity index (χ1v) is 10.8. The molecule has 1 aliphatic carbocycles. The second-order valence-electron chi connectivity index (χ2n) is 8.73. The zero-order valence-corrected chi connectivity index (χ0v) is 17.5. The van der Waals surface area contributed by atoms with E-state index in [4.69, 9.17) is 4.74 Å². The van der Waals surface area contributed by atoms with Crippen molar-refractivity contribution >= 4 is 22.8 Å². The van der Waals surface area contributed by atoms with Crippen LogP contribution in [0.15, 0.2) is 42.5 Å². The van der Waals surface area contributed by atoms with E-state index in [1.807, 2.05) is 19.1 Å². The largest absolute Gasteiger partial charge is 0.458 e. The molecule has 1 spiro atoms. The Morgan fingerprint density at radius 2 is 1.94 bits per heavy atom. The summed E-state index contributed by atoms with van der Waals surface area (Å²) >= 11 is 0. The number of rotatable bonds is 4. The number of fused-ring (bicyclic) bond motifs is 1. The van der Waals surface area contributed by atoms with Gasteiger partial charge in [-0.3, -0.25) is 9.59 Å².